The first-order valence-corrected chi connectivity index (χ1v) is 8.66. The van der Waals surface area contributed by atoms with Gasteiger partial charge in [0.15, 0.2) is 5.69 Å². The Morgan fingerprint density at radius 1 is 1.38 bits per heavy atom. The first kappa shape index (κ1) is 13.3. The monoisotopic (exact) mass is 354 g/mol. The zero-order chi connectivity index (χ0) is 20.8. The van der Waals surface area contributed by atoms with Gasteiger partial charge in [0.2, 0.25) is 5.91 Å². The van der Waals surface area contributed by atoms with E-state index in [1.54, 1.807) is 6.20 Å². The summed E-state index contributed by atoms with van der Waals surface area (Å²) in [6.07, 6.45) is 6.23. The number of piperazine rings is 1. The largest absolute Gasteiger partial charge is 0.351 e. The van der Waals surface area contributed by atoms with E-state index in [9.17, 15) is 10.1 Å². The summed E-state index contributed by atoms with van der Waals surface area (Å²) in [7, 11) is 0. The van der Waals surface area contributed by atoms with Crippen LogP contribution >= 0.6 is 0 Å². The van der Waals surface area contributed by atoms with Gasteiger partial charge in [-0.1, -0.05) is 0 Å². The average molecular weight is 354 g/mol. The molecule has 0 unspecified atom stereocenters. The summed E-state index contributed by atoms with van der Waals surface area (Å²) in [5.74, 6) is 1.02. The third-order valence-electron chi connectivity index (χ3n) is 4.88. The summed E-state index contributed by atoms with van der Waals surface area (Å²) in [5.41, 5.74) is 0.821. The lowest BCUT2D eigenvalue weighted by molar-refractivity contribution is -0.134. The molecule has 0 bridgehead atoms. The van der Waals surface area contributed by atoms with Gasteiger partial charge in [-0.3, -0.25) is 9.48 Å². The van der Waals surface area contributed by atoms with Crippen LogP contribution in [0.2, 0.25) is 0 Å². The van der Waals surface area contributed by atoms with E-state index in [4.69, 9.17) is 4.11 Å². The van der Waals surface area contributed by atoms with Crippen LogP contribution in [-0.2, 0) is 11.8 Å². The molecule has 0 aromatic carbocycles. The van der Waals surface area contributed by atoms with Crippen LogP contribution in [0, 0.1) is 17.2 Å². The molecule has 134 valence electrons. The molecule has 26 heavy (non-hydrogen) atoms. The maximum Gasteiger partial charge on any atom is 0.226 e. The zero-order valence-electron chi connectivity index (χ0n) is 17.5. The van der Waals surface area contributed by atoms with E-state index in [2.05, 4.69) is 15.1 Å². The number of rotatable bonds is 3. The van der Waals surface area contributed by atoms with Crippen molar-refractivity contribution < 1.29 is 8.91 Å². The lowest BCUT2D eigenvalue weighted by Gasteiger charge is -2.40. The van der Waals surface area contributed by atoms with Crippen molar-refractivity contribution in [3.63, 3.8) is 0 Å². The van der Waals surface area contributed by atoms with Crippen LogP contribution in [0.4, 0.5) is 5.82 Å². The lowest BCUT2D eigenvalue weighted by atomic mass is 10.1. The van der Waals surface area contributed by atoms with E-state index >= 15 is 0 Å². The molecule has 8 nitrogen and oxygen atoms in total. The normalized spacial score (nSPS) is 22.3. The quantitative estimate of drug-likeness (QED) is 0.822. The van der Waals surface area contributed by atoms with Gasteiger partial charge in [-0.2, -0.15) is 10.4 Å². The molecule has 1 saturated heterocycles. The van der Waals surface area contributed by atoms with Gasteiger partial charge in [0.1, 0.15) is 17.6 Å². The van der Waals surface area contributed by atoms with Crippen molar-refractivity contribution in [2.24, 2.45) is 12.9 Å². The Morgan fingerprint density at radius 3 is 2.88 bits per heavy atom. The summed E-state index contributed by atoms with van der Waals surface area (Å²) in [6, 6.07) is 2.05. The molecule has 2 aliphatic rings. The predicted molar refractivity (Wildman–Crippen MR) is 95.1 cm³/mol. The van der Waals surface area contributed by atoms with Crippen LogP contribution in [0.1, 0.15) is 29.6 Å². The number of nitrogens with zero attached hydrogens (tertiary/aromatic N) is 7. The van der Waals surface area contributed by atoms with Gasteiger partial charge in [-0.25, -0.2) is 9.97 Å². The highest BCUT2D eigenvalue weighted by Crippen LogP contribution is 2.32. The topological polar surface area (TPSA) is 90.9 Å². The van der Waals surface area contributed by atoms with E-state index in [1.165, 1.54) is 12.4 Å². The fraction of sp³-hybridized carbons (Fsp3) is 0.500. The van der Waals surface area contributed by atoms with Crippen molar-refractivity contribution in [3.05, 3.63) is 24.3 Å². The van der Waals surface area contributed by atoms with Crippen LogP contribution in [0.3, 0.4) is 0 Å². The van der Waals surface area contributed by atoms with Crippen molar-refractivity contribution >= 4 is 11.7 Å². The predicted octanol–water partition coefficient (Wildman–Crippen LogP) is 1.20. The van der Waals surface area contributed by atoms with Gasteiger partial charge >= 0.3 is 0 Å². The first-order valence-electron chi connectivity index (χ1n) is 10.2. The number of amides is 1. The second-order valence-electron chi connectivity index (χ2n) is 6.81. The lowest BCUT2D eigenvalue weighted by Crippen LogP contribution is -2.54. The summed E-state index contributed by atoms with van der Waals surface area (Å²) in [4.78, 5) is 25.2. The molecule has 1 amide bonds. The highest BCUT2D eigenvalue weighted by Gasteiger charge is 2.37. The summed E-state index contributed by atoms with van der Waals surface area (Å²) in [6.45, 7) is 1.47. The first-order chi connectivity index (χ1) is 13.8. The molecular formula is C18H21N7O. The maximum atomic E-state index is 12.4. The van der Waals surface area contributed by atoms with E-state index in [0.717, 1.165) is 17.5 Å². The van der Waals surface area contributed by atoms with Crippen LogP contribution in [0.25, 0.3) is 11.3 Å². The summed E-state index contributed by atoms with van der Waals surface area (Å²) < 4.78 is 23.2. The SMILES string of the molecule is [2H]C([2H])([2H])n1cc(-c2nc(N3CCN(C(=O)C4CC4)[C@H](C)C3)cnc2C#N)cn1. The molecule has 8 heteroatoms. The van der Waals surface area contributed by atoms with Crippen molar-refractivity contribution in [2.45, 2.75) is 25.8 Å². The van der Waals surface area contributed by atoms with Crippen molar-refractivity contribution in [1.29, 1.82) is 5.26 Å². The van der Waals surface area contributed by atoms with Gasteiger partial charge < -0.3 is 9.80 Å². The van der Waals surface area contributed by atoms with E-state index in [0.29, 0.717) is 36.7 Å². The molecule has 0 N–H and O–H groups in total. The molecule has 2 fully saturated rings. The number of carbonyl (C=O) groups excluding carboxylic acids is 1. The molecule has 2 aromatic rings. The van der Waals surface area contributed by atoms with Gasteiger partial charge in [0.25, 0.3) is 0 Å². The molecule has 0 spiro atoms. The second kappa shape index (κ2) is 6.41. The third-order valence-corrected chi connectivity index (χ3v) is 4.88. The second-order valence-corrected chi connectivity index (χ2v) is 6.81. The highest BCUT2D eigenvalue weighted by molar-refractivity contribution is 5.81. The number of aryl methyl sites for hydroxylation is 1. The van der Waals surface area contributed by atoms with Crippen LogP contribution in [0.15, 0.2) is 18.6 Å². The Kier molecular flexibility index (Phi) is 3.27. The Hall–Kier alpha value is -2.95. The summed E-state index contributed by atoms with van der Waals surface area (Å²) in [5, 5.41) is 13.3. The highest BCUT2D eigenvalue weighted by atomic mass is 16.2. The Balaban J connectivity index is 1.58. The molecule has 2 aromatic heterocycles. The fourth-order valence-electron chi connectivity index (χ4n) is 3.32. The van der Waals surface area contributed by atoms with Gasteiger partial charge in [-0.05, 0) is 19.8 Å². The third kappa shape index (κ3) is 3.01. The number of aromatic nitrogens is 4. The Bertz CT molecular complexity index is 977. The molecule has 1 aliphatic carbocycles. The summed E-state index contributed by atoms with van der Waals surface area (Å²) >= 11 is 0. The van der Waals surface area contributed by atoms with Crippen molar-refractivity contribution in [1.82, 2.24) is 24.6 Å². The minimum Gasteiger partial charge on any atom is -0.351 e. The molecule has 0 radical (unpaired) electrons. The standard InChI is InChI=1S/C18H21N7O/c1-12-10-24(5-6-25(12)18(26)13-3-4-13)16-9-20-15(7-19)17(22-16)14-8-21-23(2)11-14/h8-9,11-13H,3-6,10H2,1-2H3/t12-/m1/s1/i2D3. The Morgan fingerprint density at radius 2 is 2.23 bits per heavy atom. The molecule has 1 aliphatic heterocycles. The smallest absolute Gasteiger partial charge is 0.226 e. The Labute approximate surface area is 156 Å². The van der Waals surface area contributed by atoms with Crippen molar-refractivity contribution in [2.75, 3.05) is 24.5 Å². The molecule has 1 atom stereocenters. The van der Waals surface area contributed by atoms with Crippen molar-refractivity contribution in [3.8, 4) is 17.3 Å². The molecule has 4 rings (SSSR count). The number of hydrogen-bond acceptors (Lipinski definition) is 6. The van der Waals surface area contributed by atoms with Gasteiger partial charge in [-0.15, -0.1) is 0 Å². The minimum atomic E-state index is -2.41. The number of nitriles is 1. The minimum absolute atomic E-state index is 0.0519. The maximum absolute atomic E-state index is 12.4. The average Bonchev–Trinajstić information content (AvgIpc) is 3.41. The van der Waals surface area contributed by atoms with Crippen LogP contribution in [-0.4, -0.2) is 56.2 Å². The fourth-order valence-corrected chi connectivity index (χ4v) is 3.32. The van der Waals surface area contributed by atoms with E-state index in [1.807, 2.05) is 22.8 Å². The van der Waals surface area contributed by atoms with Gasteiger partial charge in [0.05, 0.1) is 12.4 Å². The van der Waals surface area contributed by atoms with Crippen LogP contribution in [0.5, 0.6) is 0 Å². The van der Waals surface area contributed by atoms with Crippen LogP contribution < -0.4 is 4.90 Å². The van der Waals surface area contributed by atoms with E-state index < -0.39 is 6.98 Å². The molecule has 1 saturated carbocycles. The molecular weight excluding hydrogens is 330 g/mol. The number of anilines is 1. The molecule has 3 heterocycles. The van der Waals surface area contributed by atoms with E-state index in [-0.39, 0.29) is 23.6 Å². The number of carbonyl (C=O) groups is 1. The number of hydrogen-bond donors (Lipinski definition) is 0. The zero-order valence-corrected chi connectivity index (χ0v) is 14.5. The van der Waals surface area contributed by atoms with Gasteiger partial charge in [0, 0.05) is 54.4 Å².